The van der Waals surface area contributed by atoms with E-state index < -0.39 is 0 Å². The molecule has 0 aliphatic heterocycles. The lowest BCUT2D eigenvalue weighted by Crippen LogP contribution is -2.06. The highest BCUT2D eigenvalue weighted by atomic mass is 16.5. The average molecular weight is 448 g/mol. The normalized spacial score (nSPS) is 10.7. The van der Waals surface area contributed by atoms with Gasteiger partial charge in [-0.1, -0.05) is 24.8 Å². The van der Waals surface area contributed by atoms with E-state index in [1.165, 1.54) is 12.4 Å². The zero-order valence-corrected chi connectivity index (χ0v) is 18.1. The maximum absolute atomic E-state index is 11.7. The molecule has 4 aromatic heterocycles. The molecule has 0 radical (unpaired) electrons. The highest BCUT2D eigenvalue weighted by molar-refractivity contribution is 5.99. The summed E-state index contributed by atoms with van der Waals surface area (Å²) in [5.41, 5.74) is 5.72. The minimum absolute atomic E-state index is 0.261. The van der Waals surface area contributed by atoms with Crippen LogP contribution >= 0.6 is 0 Å². The number of pyridine rings is 2. The second-order valence-electron chi connectivity index (χ2n) is 7.45. The van der Waals surface area contributed by atoms with Gasteiger partial charge in [0, 0.05) is 58.6 Å². The van der Waals surface area contributed by atoms with Gasteiger partial charge in [-0.2, -0.15) is 0 Å². The predicted octanol–water partition coefficient (Wildman–Crippen LogP) is 4.79. The Morgan fingerprint density at radius 3 is 2.85 bits per heavy atom. The van der Waals surface area contributed by atoms with E-state index in [1.807, 2.05) is 48.7 Å². The largest absolute Gasteiger partial charge is 0.473 e. The van der Waals surface area contributed by atoms with Crippen LogP contribution in [0.3, 0.4) is 0 Å². The van der Waals surface area contributed by atoms with Crippen LogP contribution in [0.4, 0.5) is 5.69 Å². The third-order valence-electron chi connectivity index (χ3n) is 5.24. The Kier molecular flexibility index (Phi) is 5.77. The van der Waals surface area contributed by atoms with Gasteiger partial charge < -0.3 is 15.0 Å². The van der Waals surface area contributed by atoms with Crippen molar-refractivity contribution >= 4 is 22.6 Å². The highest BCUT2D eigenvalue weighted by Crippen LogP contribution is 2.32. The number of amides is 1. The van der Waals surface area contributed by atoms with E-state index in [2.05, 4.69) is 36.8 Å². The van der Waals surface area contributed by atoms with E-state index in [4.69, 9.17) is 4.74 Å². The van der Waals surface area contributed by atoms with Crippen LogP contribution in [0, 0.1) is 0 Å². The zero-order chi connectivity index (χ0) is 23.3. The molecule has 0 spiro atoms. The first-order chi connectivity index (χ1) is 16.7. The lowest BCUT2D eigenvalue weighted by atomic mass is 10.0. The molecule has 8 heteroatoms. The maximum Gasteiger partial charge on any atom is 0.247 e. The van der Waals surface area contributed by atoms with Crippen LogP contribution in [0.15, 0.2) is 92.3 Å². The number of anilines is 1. The molecule has 0 atom stereocenters. The number of hydrogen-bond donors (Lipinski definition) is 2. The molecule has 8 nitrogen and oxygen atoms in total. The monoisotopic (exact) mass is 448 g/mol. The van der Waals surface area contributed by atoms with Gasteiger partial charge in [0.2, 0.25) is 11.8 Å². The van der Waals surface area contributed by atoms with Crippen LogP contribution in [0.25, 0.3) is 33.4 Å². The first kappa shape index (κ1) is 21.0. The summed E-state index contributed by atoms with van der Waals surface area (Å²) in [6, 6.07) is 15.1. The zero-order valence-electron chi connectivity index (χ0n) is 18.1. The number of ether oxygens (including phenoxy) is 1. The molecule has 0 saturated heterocycles. The fourth-order valence-corrected chi connectivity index (χ4v) is 3.62. The molecule has 5 rings (SSSR count). The number of carbonyl (C=O) groups is 1. The first-order valence-electron chi connectivity index (χ1n) is 10.6. The number of hydrogen-bond acceptors (Lipinski definition) is 6. The topological polar surface area (TPSA) is 106 Å². The van der Waals surface area contributed by atoms with Gasteiger partial charge in [-0.05, 0) is 35.9 Å². The Hall–Kier alpha value is -4.85. The Morgan fingerprint density at radius 1 is 1.06 bits per heavy atom. The quantitative estimate of drug-likeness (QED) is 0.347. The molecule has 0 saturated carbocycles. The van der Waals surface area contributed by atoms with Crippen molar-refractivity contribution in [2.45, 2.75) is 6.61 Å². The highest BCUT2D eigenvalue weighted by Gasteiger charge is 2.15. The molecular weight excluding hydrogens is 428 g/mol. The molecule has 1 amide bonds. The van der Waals surface area contributed by atoms with Crippen LogP contribution in [0.5, 0.6) is 5.88 Å². The number of benzene rings is 1. The lowest BCUT2D eigenvalue weighted by Gasteiger charge is -2.09. The second-order valence-corrected chi connectivity index (χ2v) is 7.45. The molecule has 0 aliphatic carbocycles. The molecule has 0 unspecified atom stereocenters. The summed E-state index contributed by atoms with van der Waals surface area (Å²) in [4.78, 5) is 32.4. The summed E-state index contributed by atoms with van der Waals surface area (Å²) in [6.07, 6.45) is 9.86. The van der Waals surface area contributed by atoms with Crippen LogP contribution in [0.2, 0.25) is 0 Å². The van der Waals surface area contributed by atoms with Crippen molar-refractivity contribution in [1.29, 1.82) is 0 Å². The molecule has 0 fully saturated rings. The standard InChI is InChI=1S/C26H20N6O2/c1-2-23(33)32-20-7-5-6-17(10-20)18-11-21-22(14-30-26(21)29-13-18)25-19(12-27-16-31-25)15-34-24-8-3-4-9-28-24/h2-14,16H,1,15H2,(H,29,30)(H,32,33). The summed E-state index contributed by atoms with van der Waals surface area (Å²) in [5, 5.41) is 3.70. The smallest absolute Gasteiger partial charge is 0.247 e. The molecule has 0 bridgehead atoms. The van der Waals surface area contributed by atoms with E-state index in [0.29, 0.717) is 11.6 Å². The van der Waals surface area contributed by atoms with Crippen molar-refractivity contribution < 1.29 is 9.53 Å². The third kappa shape index (κ3) is 4.37. The summed E-state index contributed by atoms with van der Waals surface area (Å²) >= 11 is 0. The van der Waals surface area contributed by atoms with Crippen LogP contribution in [0.1, 0.15) is 5.56 Å². The van der Waals surface area contributed by atoms with Gasteiger partial charge in [-0.15, -0.1) is 0 Å². The van der Waals surface area contributed by atoms with Gasteiger partial charge in [0.15, 0.2) is 0 Å². The van der Waals surface area contributed by atoms with Crippen molar-refractivity contribution in [3.8, 4) is 28.3 Å². The number of carbonyl (C=O) groups excluding carboxylic acids is 1. The number of nitrogens with one attached hydrogen (secondary N) is 2. The molecule has 34 heavy (non-hydrogen) atoms. The molecular formula is C26H20N6O2. The average Bonchev–Trinajstić information content (AvgIpc) is 3.31. The first-order valence-corrected chi connectivity index (χ1v) is 10.6. The van der Waals surface area contributed by atoms with Crippen molar-refractivity contribution in [3.05, 3.63) is 97.9 Å². The molecule has 2 N–H and O–H groups in total. The van der Waals surface area contributed by atoms with Crippen LogP contribution < -0.4 is 10.1 Å². The molecule has 0 aliphatic rings. The number of aromatic nitrogens is 5. The Morgan fingerprint density at radius 2 is 2.00 bits per heavy atom. The van der Waals surface area contributed by atoms with E-state index in [-0.39, 0.29) is 12.5 Å². The number of aromatic amines is 1. The predicted molar refractivity (Wildman–Crippen MR) is 130 cm³/mol. The van der Waals surface area contributed by atoms with Gasteiger partial charge >= 0.3 is 0 Å². The Bertz CT molecular complexity index is 1480. The molecule has 4 heterocycles. The number of rotatable bonds is 7. The summed E-state index contributed by atoms with van der Waals surface area (Å²) in [7, 11) is 0. The van der Waals surface area contributed by atoms with Gasteiger partial charge in [-0.3, -0.25) is 4.79 Å². The van der Waals surface area contributed by atoms with Crippen molar-refractivity contribution in [1.82, 2.24) is 24.9 Å². The van der Waals surface area contributed by atoms with Gasteiger partial charge in [0.05, 0.1) is 5.69 Å². The summed E-state index contributed by atoms with van der Waals surface area (Å²) < 4.78 is 5.83. The third-order valence-corrected chi connectivity index (χ3v) is 5.24. The molecule has 1 aromatic carbocycles. The SMILES string of the molecule is C=CC(=O)Nc1cccc(-c2cnc3[nH]cc(-c4ncncc4COc4ccccn4)c3c2)c1. The minimum Gasteiger partial charge on any atom is -0.473 e. The van der Waals surface area contributed by atoms with Crippen LogP contribution in [-0.4, -0.2) is 30.8 Å². The van der Waals surface area contributed by atoms with Gasteiger partial charge in [0.25, 0.3) is 0 Å². The van der Waals surface area contributed by atoms with Crippen molar-refractivity contribution in [2.75, 3.05) is 5.32 Å². The van der Waals surface area contributed by atoms with E-state index in [9.17, 15) is 4.79 Å². The number of nitrogens with zero attached hydrogens (tertiary/aromatic N) is 4. The fourth-order valence-electron chi connectivity index (χ4n) is 3.62. The van der Waals surface area contributed by atoms with E-state index >= 15 is 0 Å². The van der Waals surface area contributed by atoms with Crippen LogP contribution in [-0.2, 0) is 11.4 Å². The maximum atomic E-state index is 11.7. The summed E-state index contributed by atoms with van der Waals surface area (Å²) in [6.45, 7) is 3.77. The molecule has 5 aromatic rings. The van der Waals surface area contributed by atoms with E-state index in [0.717, 1.165) is 39.0 Å². The number of H-pyrrole nitrogens is 1. The fraction of sp³-hybridized carbons (Fsp3) is 0.0385. The summed E-state index contributed by atoms with van der Waals surface area (Å²) in [5.74, 6) is 0.270. The van der Waals surface area contributed by atoms with Gasteiger partial charge in [0.1, 0.15) is 18.6 Å². The lowest BCUT2D eigenvalue weighted by molar-refractivity contribution is -0.111. The Labute approximate surface area is 195 Å². The molecule has 166 valence electrons. The van der Waals surface area contributed by atoms with E-state index in [1.54, 1.807) is 24.7 Å². The minimum atomic E-state index is -0.261. The second kappa shape index (κ2) is 9.33. The van der Waals surface area contributed by atoms with Crippen molar-refractivity contribution in [3.63, 3.8) is 0 Å². The number of fused-ring (bicyclic) bond motifs is 1. The van der Waals surface area contributed by atoms with Crippen molar-refractivity contribution in [2.24, 2.45) is 0 Å². The van der Waals surface area contributed by atoms with Gasteiger partial charge in [-0.25, -0.2) is 19.9 Å². The Balaban J connectivity index is 1.50.